The van der Waals surface area contributed by atoms with Gasteiger partial charge in [0.05, 0.1) is 0 Å². The molecule has 0 radical (unpaired) electrons. The van der Waals surface area contributed by atoms with Crippen molar-refractivity contribution in [3.8, 4) is 0 Å². The molecule has 2 rings (SSSR count). The molecule has 0 saturated carbocycles. The molecule has 0 atom stereocenters. The molecular weight excluding hydrogens is 192 g/mol. The summed E-state index contributed by atoms with van der Waals surface area (Å²) in [4.78, 5) is 0. The summed E-state index contributed by atoms with van der Waals surface area (Å²) in [6.45, 7) is 0. The molecule has 0 aliphatic rings. The maximum Gasteiger partial charge on any atom is 0.350 e. The van der Waals surface area contributed by atoms with Gasteiger partial charge >= 0.3 is 5.95 Å². The van der Waals surface area contributed by atoms with Gasteiger partial charge < -0.3 is 32.8 Å². The largest absolute Gasteiger partial charge is 0.754 e. The maximum atomic E-state index is 11.3. The molecule has 9 heteroatoms. The summed E-state index contributed by atoms with van der Waals surface area (Å²) < 4.78 is 0.837. The number of anilines is 3. The van der Waals surface area contributed by atoms with E-state index in [0.29, 0.717) is 9.46 Å². The van der Waals surface area contributed by atoms with Crippen LogP contribution in [0.4, 0.5) is 17.5 Å². The van der Waals surface area contributed by atoms with Crippen LogP contribution in [0.2, 0.25) is 0 Å². The molecule has 14 heavy (non-hydrogen) atoms. The Morgan fingerprint density at radius 2 is 1.71 bits per heavy atom. The number of hydrogen-bond donors (Lipinski definition) is 5. The molecule has 0 amide bonds. The monoisotopic (exact) mass is 200 g/mol. The number of aromatic nitrogens is 3. The third kappa shape index (κ3) is 0.620. The van der Waals surface area contributed by atoms with Crippen molar-refractivity contribution < 1.29 is 15.1 Å². The van der Waals surface area contributed by atoms with E-state index in [9.17, 15) is 15.6 Å². The molecule has 76 valence electrons. The molecule has 0 unspecified atom stereocenters. The third-order valence-corrected chi connectivity index (χ3v) is 2.00. The van der Waals surface area contributed by atoms with Gasteiger partial charge in [0, 0.05) is 0 Å². The highest BCUT2D eigenvalue weighted by Crippen LogP contribution is 2.28. The van der Waals surface area contributed by atoms with Gasteiger partial charge in [-0.2, -0.15) is 0 Å². The Bertz CT molecular complexity index is 439. The van der Waals surface area contributed by atoms with Crippen LogP contribution in [0.3, 0.4) is 0 Å². The van der Waals surface area contributed by atoms with Gasteiger partial charge in [-0.15, -0.1) is 0 Å². The second-order valence-corrected chi connectivity index (χ2v) is 2.75. The lowest BCUT2D eigenvalue weighted by Crippen LogP contribution is -2.31. The molecule has 0 fully saturated rings. The average Bonchev–Trinajstić information content (AvgIpc) is 2.51. The van der Waals surface area contributed by atoms with Crippen molar-refractivity contribution in [3.63, 3.8) is 0 Å². The normalized spacial score (nSPS) is 11.1. The van der Waals surface area contributed by atoms with Crippen LogP contribution < -0.4 is 21.9 Å². The summed E-state index contributed by atoms with van der Waals surface area (Å²) >= 11 is 0. The van der Waals surface area contributed by atoms with Crippen LogP contribution in [-0.2, 0) is 0 Å². The fourth-order valence-electron chi connectivity index (χ4n) is 1.27. The molecule has 8 N–H and O–H groups in total. The van der Waals surface area contributed by atoms with Crippen LogP contribution in [0.5, 0.6) is 0 Å². The Morgan fingerprint density at radius 1 is 1.14 bits per heavy atom. The number of nitrogens with zero attached hydrogens (tertiary/aromatic N) is 3. The lowest BCUT2D eigenvalue weighted by molar-refractivity contribution is -0.567. The summed E-state index contributed by atoms with van der Waals surface area (Å²) in [5.74, 6) is -0.744. The van der Waals surface area contributed by atoms with Crippen molar-refractivity contribution in [1.29, 1.82) is 0 Å². The lowest BCUT2D eigenvalue weighted by atomic mass is 10.4. The van der Waals surface area contributed by atoms with Gasteiger partial charge in [-0.1, -0.05) is 9.46 Å². The molecule has 0 aliphatic carbocycles. The lowest BCUT2D eigenvalue weighted by Gasteiger charge is -2.02. The van der Waals surface area contributed by atoms with Crippen molar-refractivity contribution in [1.82, 2.24) is 9.46 Å². The van der Waals surface area contributed by atoms with Crippen molar-refractivity contribution in [2.75, 3.05) is 17.2 Å². The number of rotatable bonds is 0. The van der Waals surface area contributed by atoms with E-state index in [1.54, 1.807) is 0 Å². The summed E-state index contributed by atoms with van der Waals surface area (Å²) in [6, 6.07) is 0. The van der Waals surface area contributed by atoms with Gasteiger partial charge in [-0.25, -0.2) is 4.73 Å². The zero-order valence-electron chi connectivity index (χ0n) is 6.88. The number of nitrogen functional groups attached to an aromatic ring is 3. The molecule has 2 aromatic rings. The highest BCUT2D eigenvalue weighted by Gasteiger charge is 2.27. The number of imidazole rings is 1. The first-order chi connectivity index (χ1) is 6.46. The highest BCUT2D eigenvalue weighted by molar-refractivity contribution is 5.92. The van der Waals surface area contributed by atoms with Gasteiger partial charge in [0.2, 0.25) is 11.3 Å². The van der Waals surface area contributed by atoms with Crippen molar-refractivity contribution in [3.05, 3.63) is 5.21 Å². The fourth-order valence-corrected chi connectivity index (χ4v) is 1.27. The van der Waals surface area contributed by atoms with Crippen molar-refractivity contribution in [2.24, 2.45) is 0 Å². The van der Waals surface area contributed by atoms with Gasteiger partial charge in [-0.3, -0.25) is 0 Å². The number of fused-ring (bicyclic) bond motifs is 1. The second-order valence-electron chi connectivity index (χ2n) is 2.75. The Balaban J connectivity index is 3.08. The molecule has 9 nitrogen and oxygen atoms in total. The standard InChI is InChI=1S/C5H8N6O3/c6-1-2-4(10(13)3(1)7)11(14)5(8)9(2)12/h12-13H,6-8H2. The smallest absolute Gasteiger partial charge is 0.350 e. The minimum atomic E-state index is -0.510. The number of hydrogen-bond acceptors (Lipinski definition) is 6. The Morgan fingerprint density at radius 3 is 2.21 bits per heavy atom. The van der Waals surface area contributed by atoms with E-state index in [1.807, 2.05) is 0 Å². The van der Waals surface area contributed by atoms with E-state index in [4.69, 9.17) is 17.2 Å². The van der Waals surface area contributed by atoms with Crippen molar-refractivity contribution in [2.45, 2.75) is 0 Å². The van der Waals surface area contributed by atoms with E-state index in [0.717, 1.165) is 0 Å². The van der Waals surface area contributed by atoms with E-state index in [1.165, 1.54) is 0 Å². The molecule has 2 aromatic heterocycles. The predicted octanol–water partition coefficient (Wildman–Crippen LogP) is -1.70. The zero-order chi connectivity index (χ0) is 10.6. The molecule has 2 heterocycles. The average molecular weight is 200 g/mol. The Hall–Kier alpha value is -2.45. The Labute approximate surface area is 76.6 Å². The molecule has 0 spiro atoms. The van der Waals surface area contributed by atoms with Gasteiger partial charge in [0.15, 0.2) is 0 Å². The molecule has 0 aromatic carbocycles. The van der Waals surface area contributed by atoms with E-state index in [-0.39, 0.29) is 27.4 Å². The fraction of sp³-hybridized carbons (Fsp3) is 0. The molecule has 0 aliphatic heterocycles. The predicted molar refractivity (Wildman–Crippen MR) is 46.5 cm³/mol. The van der Waals surface area contributed by atoms with Crippen LogP contribution in [-0.4, -0.2) is 19.9 Å². The van der Waals surface area contributed by atoms with Crippen LogP contribution in [0, 0.1) is 5.21 Å². The molecule has 0 saturated heterocycles. The SMILES string of the molecule is Nc1c(N)n(O)c2c1n(O)c(N)[n+]2[O-]. The summed E-state index contributed by atoms with van der Waals surface area (Å²) in [5, 5.41) is 29.9. The second kappa shape index (κ2) is 2.07. The summed E-state index contributed by atoms with van der Waals surface area (Å²) in [5.41, 5.74) is 15.4. The highest BCUT2D eigenvalue weighted by atomic mass is 16.5. The van der Waals surface area contributed by atoms with Gasteiger partial charge in [0.25, 0.3) is 5.65 Å². The minimum Gasteiger partial charge on any atom is -0.754 e. The maximum absolute atomic E-state index is 11.3. The quantitative estimate of drug-likeness (QED) is 0.194. The Kier molecular flexibility index (Phi) is 1.21. The van der Waals surface area contributed by atoms with Crippen LogP contribution in [0.25, 0.3) is 11.2 Å². The summed E-state index contributed by atoms with van der Waals surface area (Å²) in [6.07, 6.45) is 0. The topological polar surface area (TPSA) is 155 Å². The molecule has 0 bridgehead atoms. The molecular formula is C5H8N6O3. The third-order valence-electron chi connectivity index (χ3n) is 2.00. The number of nitrogens with two attached hydrogens (primary N) is 3. The van der Waals surface area contributed by atoms with E-state index >= 15 is 0 Å². The van der Waals surface area contributed by atoms with Crippen LogP contribution in [0.15, 0.2) is 0 Å². The first kappa shape index (κ1) is 8.16. The first-order valence-electron chi connectivity index (χ1n) is 3.54. The minimum absolute atomic E-state index is 0.113. The van der Waals surface area contributed by atoms with Crippen LogP contribution in [0.1, 0.15) is 0 Å². The first-order valence-corrected chi connectivity index (χ1v) is 3.54. The van der Waals surface area contributed by atoms with Crippen molar-refractivity contribution >= 4 is 28.6 Å². The van der Waals surface area contributed by atoms with Crippen LogP contribution >= 0.6 is 0 Å². The zero-order valence-corrected chi connectivity index (χ0v) is 6.88. The van der Waals surface area contributed by atoms with Gasteiger partial charge in [-0.05, 0) is 0 Å². The van der Waals surface area contributed by atoms with Gasteiger partial charge in [0.1, 0.15) is 5.69 Å². The van der Waals surface area contributed by atoms with E-state index < -0.39 is 5.95 Å². The summed E-state index contributed by atoms with van der Waals surface area (Å²) in [7, 11) is 0. The van der Waals surface area contributed by atoms with E-state index in [2.05, 4.69) is 0 Å².